The van der Waals surface area contributed by atoms with Crippen LogP contribution in [0.15, 0.2) is 12.3 Å². The Labute approximate surface area is 77.0 Å². The Balaban J connectivity index is 3.31. The first-order chi connectivity index (χ1) is 4.75. The van der Waals surface area contributed by atoms with Gasteiger partial charge < -0.3 is 0 Å². The zero-order chi connectivity index (χ0) is 7.56. The monoisotopic (exact) mass is 264 g/mol. The van der Waals surface area contributed by atoms with E-state index in [1.165, 1.54) is 6.20 Å². The molecular formula is C6H2ClIN2. The Kier molecular flexibility index (Phi) is 2.46. The molecule has 1 heterocycles. The molecule has 0 spiro atoms. The molecule has 50 valence electrons. The molecule has 0 radical (unpaired) electrons. The van der Waals surface area contributed by atoms with Crippen LogP contribution < -0.4 is 0 Å². The van der Waals surface area contributed by atoms with Crippen molar-refractivity contribution < 1.29 is 0 Å². The summed E-state index contributed by atoms with van der Waals surface area (Å²) < 4.78 is 0.712. The van der Waals surface area contributed by atoms with Gasteiger partial charge in [0.05, 0.1) is 9.13 Å². The molecule has 1 rings (SSSR count). The highest BCUT2D eigenvalue weighted by Gasteiger charge is 2.01. The van der Waals surface area contributed by atoms with Crippen LogP contribution in [0.25, 0.3) is 0 Å². The van der Waals surface area contributed by atoms with E-state index in [9.17, 15) is 0 Å². The van der Waals surface area contributed by atoms with Gasteiger partial charge >= 0.3 is 0 Å². The van der Waals surface area contributed by atoms with Gasteiger partial charge in [0, 0.05) is 6.20 Å². The zero-order valence-electron chi connectivity index (χ0n) is 4.81. The Bertz CT molecular complexity index is 292. The average Bonchev–Trinajstić information content (AvgIpc) is 1.95. The predicted molar refractivity (Wildman–Crippen MR) is 46.7 cm³/mol. The lowest BCUT2D eigenvalue weighted by molar-refractivity contribution is 1.29. The fourth-order valence-corrected chi connectivity index (χ4v) is 1.10. The fraction of sp³-hybridized carbons (Fsp3) is 0. The van der Waals surface area contributed by atoms with Crippen molar-refractivity contribution in [1.29, 1.82) is 5.26 Å². The average molecular weight is 264 g/mol. The van der Waals surface area contributed by atoms with Gasteiger partial charge in [-0.2, -0.15) is 5.26 Å². The molecule has 1 aromatic rings. The molecule has 2 nitrogen and oxygen atoms in total. The second-order valence-corrected chi connectivity index (χ2v) is 3.01. The lowest BCUT2D eigenvalue weighted by Gasteiger charge is -1.93. The normalized spacial score (nSPS) is 8.90. The molecule has 0 unspecified atom stereocenters. The third kappa shape index (κ3) is 1.39. The summed E-state index contributed by atoms with van der Waals surface area (Å²) in [7, 11) is 0. The molecule has 0 aliphatic heterocycles. The zero-order valence-corrected chi connectivity index (χ0v) is 7.72. The molecule has 0 atom stereocenters. The van der Waals surface area contributed by atoms with Crippen molar-refractivity contribution in [2.45, 2.75) is 0 Å². The quantitative estimate of drug-likeness (QED) is 0.532. The van der Waals surface area contributed by atoms with E-state index in [1.54, 1.807) is 6.07 Å². The number of pyridine rings is 1. The molecular weight excluding hydrogens is 262 g/mol. The number of aromatic nitrogens is 1. The number of nitriles is 1. The number of nitrogens with zero attached hydrogens (tertiary/aromatic N) is 2. The summed E-state index contributed by atoms with van der Waals surface area (Å²) in [5.74, 6) is 0. The Morgan fingerprint density at radius 1 is 1.70 bits per heavy atom. The number of hydrogen-bond acceptors (Lipinski definition) is 2. The maximum absolute atomic E-state index is 8.50. The van der Waals surface area contributed by atoms with Crippen LogP contribution in [-0.2, 0) is 0 Å². The van der Waals surface area contributed by atoms with Gasteiger partial charge in [-0.15, -0.1) is 0 Å². The molecule has 10 heavy (non-hydrogen) atoms. The van der Waals surface area contributed by atoms with Crippen LogP contribution in [0, 0.1) is 14.9 Å². The maximum atomic E-state index is 8.50. The minimum absolute atomic E-state index is 0.389. The Morgan fingerprint density at radius 2 is 2.40 bits per heavy atom. The van der Waals surface area contributed by atoms with Crippen molar-refractivity contribution in [2.75, 3.05) is 0 Å². The van der Waals surface area contributed by atoms with E-state index in [0.717, 1.165) is 0 Å². The molecule has 0 aromatic carbocycles. The molecule has 0 bridgehead atoms. The van der Waals surface area contributed by atoms with Crippen LogP contribution in [0.4, 0.5) is 0 Å². The SMILES string of the molecule is N#Cc1ccnc(Cl)c1I. The van der Waals surface area contributed by atoms with Gasteiger partial charge in [0.1, 0.15) is 11.2 Å². The van der Waals surface area contributed by atoms with Crippen molar-refractivity contribution in [1.82, 2.24) is 4.98 Å². The van der Waals surface area contributed by atoms with Crippen LogP contribution in [0.3, 0.4) is 0 Å². The van der Waals surface area contributed by atoms with E-state index in [-0.39, 0.29) is 0 Å². The van der Waals surface area contributed by atoms with Gasteiger partial charge in [-0.25, -0.2) is 4.98 Å². The highest BCUT2D eigenvalue weighted by atomic mass is 127. The molecule has 0 saturated carbocycles. The number of rotatable bonds is 0. The highest BCUT2D eigenvalue weighted by Crippen LogP contribution is 2.18. The summed E-state index contributed by atoms with van der Waals surface area (Å²) >= 11 is 7.61. The second kappa shape index (κ2) is 3.17. The third-order valence-electron chi connectivity index (χ3n) is 0.967. The van der Waals surface area contributed by atoms with Crippen LogP contribution in [-0.4, -0.2) is 4.98 Å². The standard InChI is InChI=1S/C6H2ClIN2/c7-6-5(8)4(3-9)1-2-10-6/h1-2H. The highest BCUT2D eigenvalue weighted by molar-refractivity contribution is 14.1. The van der Waals surface area contributed by atoms with E-state index in [4.69, 9.17) is 16.9 Å². The fourth-order valence-electron chi connectivity index (χ4n) is 0.505. The lowest BCUT2D eigenvalue weighted by atomic mass is 10.3. The largest absolute Gasteiger partial charge is 0.243 e. The van der Waals surface area contributed by atoms with Gasteiger partial charge in [-0.05, 0) is 28.7 Å². The molecule has 0 aliphatic rings. The first-order valence-electron chi connectivity index (χ1n) is 2.46. The molecule has 1 aromatic heterocycles. The minimum atomic E-state index is 0.389. The van der Waals surface area contributed by atoms with Crippen molar-refractivity contribution in [3.8, 4) is 6.07 Å². The Hall–Kier alpha value is -0.340. The van der Waals surface area contributed by atoms with Gasteiger partial charge in [-0.3, -0.25) is 0 Å². The van der Waals surface area contributed by atoms with E-state index in [2.05, 4.69) is 4.98 Å². The first-order valence-corrected chi connectivity index (χ1v) is 3.91. The summed E-state index contributed by atoms with van der Waals surface area (Å²) in [5.41, 5.74) is 0.570. The van der Waals surface area contributed by atoms with E-state index in [1.807, 2.05) is 28.7 Å². The summed E-state index contributed by atoms with van der Waals surface area (Å²) in [6.07, 6.45) is 1.52. The molecule has 0 amide bonds. The van der Waals surface area contributed by atoms with E-state index >= 15 is 0 Å². The minimum Gasteiger partial charge on any atom is -0.243 e. The predicted octanol–water partition coefficient (Wildman–Crippen LogP) is 2.21. The number of halogens is 2. The first kappa shape index (κ1) is 7.76. The summed E-state index contributed by atoms with van der Waals surface area (Å²) in [6.45, 7) is 0. The van der Waals surface area contributed by atoms with E-state index in [0.29, 0.717) is 14.3 Å². The molecule has 4 heteroatoms. The Morgan fingerprint density at radius 3 is 2.90 bits per heavy atom. The van der Waals surface area contributed by atoms with Crippen LogP contribution >= 0.6 is 34.2 Å². The van der Waals surface area contributed by atoms with Crippen molar-refractivity contribution in [3.63, 3.8) is 0 Å². The molecule has 0 fully saturated rings. The third-order valence-corrected chi connectivity index (χ3v) is 2.66. The van der Waals surface area contributed by atoms with Gasteiger partial charge in [0.15, 0.2) is 0 Å². The topological polar surface area (TPSA) is 36.7 Å². The van der Waals surface area contributed by atoms with Crippen LogP contribution in [0.1, 0.15) is 5.56 Å². The summed E-state index contributed by atoms with van der Waals surface area (Å²) in [6, 6.07) is 3.64. The molecule has 0 saturated heterocycles. The van der Waals surface area contributed by atoms with E-state index < -0.39 is 0 Å². The van der Waals surface area contributed by atoms with Crippen molar-refractivity contribution >= 4 is 34.2 Å². The second-order valence-electron chi connectivity index (χ2n) is 1.58. The van der Waals surface area contributed by atoms with Crippen LogP contribution in [0.5, 0.6) is 0 Å². The summed E-state index contributed by atoms with van der Waals surface area (Å²) in [5, 5.41) is 8.89. The lowest BCUT2D eigenvalue weighted by Crippen LogP contribution is -1.84. The molecule has 0 aliphatic carbocycles. The summed E-state index contributed by atoms with van der Waals surface area (Å²) in [4.78, 5) is 3.79. The van der Waals surface area contributed by atoms with Gasteiger partial charge in [0.2, 0.25) is 0 Å². The van der Waals surface area contributed by atoms with Crippen molar-refractivity contribution in [2.24, 2.45) is 0 Å². The molecule has 0 N–H and O–H groups in total. The smallest absolute Gasteiger partial charge is 0.143 e. The van der Waals surface area contributed by atoms with Gasteiger partial charge in [0.25, 0.3) is 0 Å². The van der Waals surface area contributed by atoms with Crippen LogP contribution in [0.2, 0.25) is 5.15 Å². The maximum Gasteiger partial charge on any atom is 0.143 e. The number of hydrogen-bond donors (Lipinski definition) is 0. The van der Waals surface area contributed by atoms with Crippen molar-refractivity contribution in [3.05, 3.63) is 26.5 Å². The van der Waals surface area contributed by atoms with Gasteiger partial charge in [-0.1, -0.05) is 11.6 Å².